The van der Waals surface area contributed by atoms with Crippen molar-refractivity contribution in [3.8, 4) is 0 Å². The summed E-state index contributed by atoms with van der Waals surface area (Å²) in [5, 5.41) is 4.91. The average Bonchev–Trinajstić information content (AvgIpc) is 2.81. The Morgan fingerprint density at radius 1 is 1.47 bits per heavy atom. The molecule has 102 valence electrons. The van der Waals surface area contributed by atoms with E-state index in [9.17, 15) is 0 Å². The molecule has 2 rings (SSSR count). The normalized spacial score (nSPS) is 10.7. The second-order valence-electron chi connectivity index (χ2n) is 3.74. The molecule has 0 aliphatic rings. The third-order valence-electron chi connectivity index (χ3n) is 2.24. The lowest BCUT2D eigenvalue weighted by Gasteiger charge is -2.06. The highest BCUT2D eigenvalue weighted by Gasteiger charge is 2.07. The number of hydrazine groups is 1. The number of nitrogens with zero attached hydrogens (tertiary/aromatic N) is 4. The first-order chi connectivity index (χ1) is 9.21. The number of nitrogens with two attached hydrogens (primary N) is 1. The molecule has 2 heterocycles. The predicted molar refractivity (Wildman–Crippen MR) is 72.5 cm³/mol. The summed E-state index contributed by atoms with van der Waals surface area (Å²) in [6.45, 7) is 2.91. The van der Waals surface area contributed by atoms with Gasteiger partial charge in [-0.05, 0) is 6.92 Å². The fourth-order valence-corrected chi connectivity index (χ4v) is 2.30. The fourth-order valence-electron chi connectivity index (χ4n) is 1.43. The van der Waals surface area contributed by atoms with Crippen LogP contribution in [0.3, 0.4) is 0 Å². The quantitative estimate of drug-likeness (QED) is 0.466. The van der Waals surface area contributed by atoms with E-state index in [1.165, 1.54) is 11.8 Å². The van der Waals surface area contributed by atoms with Crippen molar-refractivity contribution in [3.05, 3.63) is 24.3 Å². The molecule has 2 aromatic rings. The van der Waals surface area contributed by atoms with Crippen molar-refractivity contribution >= 4 is 17.6 Å². The van der Waals surface area contributed by atoms with Crippen LogP contribution in [0.25, 0.3) is 0 Å². The molecule has 0 aliphatic carbocycles. The predicted octanol–water partition coefficient (Wildman–Crippen LogP) is 1.18. The molecule has 0 radical (unpaired) electrons. The molecule has 0 bridgehead atoms. The second kappa shape index (κ2) is 6.50. The van der Waals surface area contributed by atoms with Gasteiger partial charge in [-0.25, -0.2) is 15.8 Å². The Kier molecular flexibility index (Phi) is 4.72. The summed E-state index contributed by atoms with van der Waals surface area (Å²) in [6, 6.07) is 1.78. The lowest BCUT2D eigenvalue weighted by atomic mass is 10.5. The van der Waals surface area contributed by atoms with Gasteiger partial charge in [0.15, 0.2) is 5.82 Å². The number of hydrogen-bond acceptors (Lipinski definition) is 7. The summed E-state index contributed by atoms with van der Waals surface area (Å²) in [4.78, 5) is 9.65. The van der Waals surface area contributed by atoms with Crippen molar-refractivity contribution in [2.75, 3.05) is 12.0 Å². The van der Waals surface area contributed by atoms with Gasteiger partial charge in [-0.2, -0.15) is 5.10 Å². The van der Waals surface area contributed by atoms with Crippen LogP contribution < -0.4 is 11.3 Å². The molecule has 0 unspecified atom stereocenters. The molecule has 19 heavy (non-hydrogen) atoms. The lowest BCUT2D eigenvalue weighted by Crippen LogP contribution is -2.11. The SMILES string of the molecule is CCOCc1nc(NN)cc(Sc2cnn(C)c2)n1. The Balaban J connectivity index is 2.18. The van der Waals surface area contributed by atoms with Crippen molar-refractivity contribution in [2.45, 2.75) is 23.5 Å². The number of ether oxygens (including phenoxy) is 1. The Morgan fingerprint density at radius 2 is 2.32 bits per heavy atom. The van der Waals surface area contributed by atoms with Gasteiger partial charge in [-0.1, -0.05) is 11.8 Å². The smallest absolute Gasteiger partial charge is 0.157 e. The molecule has 0 aromatic carbocycles. The van der Waals surface area contributed by atoms with E-state index < -0.39 is 0 Å². The monoisotopic (exact) mass is 280 g/mol. The third-order valence-corrected chi connectivity index (χ3v) is 3.10. The van der Waals surface area contributed by atoms with Gasteiger partial charge in [0.25, 0.3) is 0 Å². The zero-order valence-electron chi connectivity index (χ0n) is 10.8. The molecule has 0 fully saturated rings. The molecule has 7 nitrogen and oxygen atoms in total. The Hall–Kier alpha value is -1.64. The summed E-state index contributed by atoms with van der Waals surface area (Å²) in [5.74, 6) is 6.57. The Morgan fingerprint density at radius 3 is 2.95 bits per heavy atom. The van der Waals surface area contributed by atoms with Crippen LogP contribution in [-0.4, -0.2) is 26.4 Å². The molecule has 2 aromatic heterocycles. The standard InChI is InChI=1S/C11H16N6OS/c1-3-18-7-10-14-9(16-12)4-11(15-10)19-8-5-13-17(2)6-8/h4-6H,3,7,12H2,1-2H3,(H,14,15,16). The van der Waals surface area contributed by atoms with E-state index in [0.717, 1.165) is 9.92 Å². The van der Waals surface area contributed by atoms with Crippen LogP contribution in [0.4, 0.5) is 5.82 Å². The number of anilines is 1. The molecule has 0 spiro atoms. The first kappa shape index (κ1) is 13.8. The minimum absolute atomic E-state index is 0.368. The van der Waals surface area contributed by atoms with Crippen LogP contribution in [0.1, 0.15) is 12.7 Å². The molecule has 0 saturated carbocycles. The van der Waals surface area contributed by atoms with Crippen LogP contribution in [-0.2, 0) is 18.4 Å². The highest BCUT2D eigenvalue weighted by atomic mass is 32.2. The van der Waals surface area contributed by atoms with Crippen LogP contribution >= 0.6 is 11.8 Å². The van der Waals surface area contributed by atoms with Crippen LogP contribution in [0, 0.1) is 0 Å². The summed E-state index contributed by atoms with van der Waals surface area (Å²) in [6.07, 6.45) is 3.70. The van der Waals surface area contributed by atoms with E-state index >= 15 is 0 Å². The minimum Gasteiger partial charge on any atom is -0.374 e. The largest absolute Gasteiger partial charge is 0.374 e. The number of aryl methyl sites for hydroxylation is 1. The van der Waals surface area contributed by atoms with Gasteiger partial charge in [0.1, 0.15) is 17.5 Å². The van der Waals surface area contributed by atoms with Crippen LogP contribution in [0.5, 0.6) is 0 Å². The molecular formula is C11H16N6OS. The van der Waals surface area contributed by atoms with E-state index in [2.05, 4.69) is 20.5 Å². The first-order valence-electron chi connectivity index (χ1n) is 5.80. The van der Waals surface area contributed by atoms with Crippen molar-refractivity contribution in [2.24, 2.45) is 12.9 Å². The van der Waals surface area contributed by atoms with Crippen molar-refractivity contribution in [1.29, 1.82) is 0 Å². The number of hydrogen-bond donors (Lipinski definition) is 2. The average molecular weight is 280 g/mol. The maximum atomic E-state index is 5.41. The molecule has 0 atom stereocenters. The molecular weight excluding hydrogens is 264 g/mol. The maximum Gasteiger partial charge on any atom is 0.157 e. The number of nitrogens with one attached hydrogen (secondary N) is 1. The van der Waals surface area contributed by atoms with Gasteiger partial charge in [0, 0.05) is 25.9 Å². The number of aromatic nitrogens is 4. The van der Waals surface area contributed by atoms with Crippen molar-refractivity contribution in [3.63, 3.8) is 0 Å². The van der Waals surface area contributed by atoms with Crippen molar-refractivity contribution in [1.82, 2.24) is 19.7 Å². The highest BCUT2D eigenvalue weighted by molar-refractivity contribution is 7.99. The van der Waals surface area contributed by atoms with Gasteiger partial charge >= 0.3 is 0 Å². The van der Waals surface area contributed by atoms with Gasteiger partial charge < -0.3 is 10.2 Å². The number of nitrogen functional groups attached to an aromatic ring is 1. The van der Waals surface area contributed by atoms with E-state index in [4.69, 9.17) is 10.6 Å². The zero-order valence-corrected chi connectivity index (χ0v) is 11.6. The lowest BCUT2D eigenvalue weighted by molar-refractivity contribution is 0.128. The summed E-state index contributed by atoms with van der Waals surface area (Å²) in [7, 11) is 1.87. The zero-order chi connectivity index (χ0) is 13.7. The van der Waals surface area contributed by atoms with E-state index in [1.54, 1.807) is 16.9 Å². The molecule has 8 heteroatoms. The minimum atomic E-state index is 0.368. The summed E-state index contributed by atoms with van der Waals surface area (Å²) >= 11 is 1.50. The maximum absolute atomic E-state index is 5.41. The van der Waals surface area contributed by atoms with E-state index in [-0.39, 0.29) is 0 Å². The molecule has 0 aliphatic heterocycles. The van der Waals surface area contributed by atoms with Crippen LogP contribution in [0.2, 0.25) is 0 Å². The summed E-state index contributed by atoms with van der Waals surface area (Å²) < 4.78 is 7.05. The van der Waals surface area contributed by atoms with Gasteiger partial charge in [0.05, 0.1) is 11.1 Å². The second-order valence-corrected chi connectivity index (χ2v) is 4.83. The first-order valence-corrected chi connectivity index (χ1v) is 6.61. The highest BCUT2D eigenvalue weighted by Crippen LogP contribution is 2.26. The van der Waals surface area contributed by atoms with Gasteiger partial charge in [0.2, 0.25) is 0 Å². The fraction of sp³-hybridized carbons (Fsp3) is 0.364. The molecule has 0 amide bonds. The Bertz CT molecular complexity index is 544. The topological polar surface area (TPSA) is 90.9 Å². The van der Waals surface area contributed by atoms with E-state index in [1.807, 2.05) is 20.2 Å². The van der Waals surface area contributed by atoms with Gasteiger partial charge in [-0.3, -0.25) is 4.68 Å². The van der Waals surface area contributed by atoms with Gasteiger partial charge in [-0.15, -0.1) is 0 Å². The third kappa shape index (κ3) is 3.91. The van der Waals surface area contributed by atoms with Crippen molar-refractivity contribution < 1.29 is 4.74 Å². The number of rotatable bonds is 6. The molecule has 0 saturated heterocycles. The molecule has 3 N–H and O–H groups in total. The Labute approximate surface area is 115 Å². The van der Waals surface area contributed by atoms with E-state index in [0.29, 0.717) is 24.9 Å². The summed E-state index contributed by atoms with van der Waals surface area (Å²) in [5.41, 5.74) is 2.53. The van der Waals surface area contributed by atoms with Crippen LogP contribution in [0.15, 0.2) is 28.4 Å².